The average molecular weight is 289 g/mol. The van der Waals surface area contributed by atoms with Crippen molar-refractivity contribution in [3.8, 4) is 0 Å². The Labute approximate surface area is 119 Å². The normalized spacial score (nSPS) is 12.2. The molecule has 3 heterocycles. The third kappa shape index (κ3) is 2.39. The van der Waals surface area contributed by atoms with Crippen molar-refractivity contribution in [2.45, 2.75) is 32.7 Å². The van der Waals surface area contributed by atoms with Gasteiger partial charge in [-0.1, -0.05) is 20.8 Å². The minimum atomic E-state index is -0.393. The standard InChI is InChI=1S/C11H15N9O/c1-11(2,3)10-12-8-7(9(21)13-10)15-20(16-8)5-6-14-17-18-19(6)4/h5H2,1-4H3,(H,12,13,16,21). The van der Waals surface area contributed by atoms with E-state index in [0.717, 1.165) is 0 Å². The first-order chi connectivity index (χ1) is 9.84. The van der Waals surface area contributed by atoms with Crippen LogP contribution in [0.3, 0.4) is 0 Å². The first-order valence-electron chi connectivity index (χ1n) is 6.41. The van der Waals surface area contributed by atoms with E-state index in [-0.39, 0.29) is 17.5 Å². The molecule has 110 valence electrons. The Kier molecular flexibility index (Phi) is 2.81. The molecule has 0 unspecified atom stereocenters. The molecule has 0 aliphatic heterocycles. The molecule has 21 heavy (non-hydrogen) atoms. The van der Waals surface area contributed by atoms with Gasteiger partial charge < -0.3 is 4.98 Å². The second kappa shape index (κ2) is 4.43. The topological polar surface area (TPSA) is 120 Å². The van der Waals surface area contributed by atoms with Crippen LogP contribution < -0.4 is 5.56 Å². The quantitative estimate of drug-likeness (QED) is 0.667. The molecule has 0 atom stereocenters. The van der Waals surface area contributed by atoms with Crippen molar-refractivity contribution in [1.82, 2.24) is 45.2 Å². The lowest BCUT2D eigenvalue weighted by Gasteiger charge is -2.15. The number of hydrogen-bond donors (Lipinski definition) is 1. The van der Waals surface area contributed by atoms with Gasteiger partial charge in [-0.2, -0.15) is 9.78 Å². The number of aromatic amines is 1. The Balaban J connectivity index is 2.06. The second-order valence-corrected chi connectivity index (χ2v) is 5.79. The molecule has 0 radical (unpaired) electrons. The van der Waals surface area contributed by atoms with E-state index in [2.05, 4.69) is 35.7 Å². The number of rotatable bonds is 2. The van der Waals surface area contributed by atoms with Gasteiger partial charge in [-0.25, -0.2) is 4.68 Å². The zero-order valence-corrected chi connectivity index (χ0v) is 12.2. The monoisotopic (exact) mass is 289 g/mol. The Morgan fingerprint density at radius 3 is 2.62 bits per heavy atom. The summed E-state index contributed by atoms with van der Waals surface area (Å²) in [5, 5.41) is 19.5. The summed E-state index contributed by atoms with van der Waals surface area (Å²) >= 11 is 0. The van der Waals surface area contributed by atoms with Gasteiger partial charge in [0.25, 0.3) is 0 Å². The van der Waals surface area contributed by atoms with Crippen molar-refractivity contribution >= 4 is 11.2 Å². The summed E-state index contributed by atoms with van der Waals surface area (Å²) in [4.78, 5) is 20.5. The van der Waals surface area contributed by atoms with Crippen LogP contribution in [0.5, 0.6) is 0 Å². The van der Waals surface area contributed by atoms with Crippen LogP contribution in [0.2, 0.25) is 0 Å². The zero-order chi connectivity index (χ0) is 15.2. The molecule has 3 rings (SSSR count). The van der Waals surface area contributed by atoms with Crippen LogP contribution in [0.25, 0.3) is 11.2 Å². The molecule has 0 aliphatic rings. The highest BCUT2D eigenvalue weighted by Crippen LogP contribution is 2.17. The van der Waals surface area contributed by atoms with Crippen LogP contribution >= 0.6 is 0 Å². The van der Waals surface area contributed by atoms with E-state index in [0.29, 0.717) is 17.3 Å². The fourth-order valence-electron chi connectivity index (χ4n) is 1.81. The number of hydrogen-bond acceptors (Lipinski definition) is 7. The molecule has 3 aromatic rings. The number of aromatic nitrogens is 9. The first kappa shape index (κ1) is 13.3. The lowest BCUT2D eigenvalue weighted by Crippen LogP contribution is -2.22. The molecule has 0 saturated heterocycles. The largest absolute Gasteiger partial charge is 0.324 e. The SMILES string of the molecule is Cn1nnnc1Cn1nc2[nH]c(C(C)(C)C)nc(=O)c2n1. The summed E-state index contributed by atoms with van der Waals surface area (Å²) < 4.78 is 1.52. The second-order valence-electron chi connectivity index (χ2n) is 5.79. The van der Waals surface area contributed by atoms with Crippen molar-refractivity contribution in [2.75, 3.05) is 0 Å². The molecule has 0 bridgehead atoms. The van der Waals surface area contributed by atoms with Gasteiger partial charge >= 0.3 is 5.56 Å². The lowest BCUT2D eigenvalue weighted by molar-refractivity contribution is 0.543. The van der Waals surface area contributed by atoms with E-state index >= 15 is 0 Å². The summed E-state index contributed by atoms with van der Waals surface area (Å²) in [5.41, 5.74) is -0.0471. The smallest absolute Gasteiger partial charge is 0.303 e. The molecule has 0 fully saturated rings. The van der Waals surface area contributed by atoms with Gasteiger partial charge in [-0.3, -0.25) is 4.79 Å². The van der Waals surface area contributed by atoms with E-state index in [4.69, 9.17) is 0 Å². The lowest BCUT2D eigenvalue weighted by atomic mass is 9.96. The van der Waals surface area contributed by atoms with Gasteiger partial charge in [-0.15, -0.1) is 15.3 Å². The Bertz CT molecular complexity index is 851. The number of tetrazole rings is 1. The van der Waals surface area contributed by atoms with Crippen LogP contribution in [-0.4, -0.2) is 45.2 Å². The number of aryl methyl sites for hydroxylation is 1. The molecule has 0 saturated carbocycles. The van der Waals surface area contributed by atoms with Gasteiger partial charge in [-0.05, 0) is 10.4 Å². The first-order valence-corrected chi connectivity index (χ1v) is 6.41. The molecular weight excluding hydrogens is 274 g/mol. The minimum absolute atomic E-state index is 0.207. The number of H-pyrrole nitrogens is 1. The molecule has 3 aromatic heterocycles. The number of nitrogens with one attached hydrogen (secondary N) is 1. The van der Waals surface area contributed by atoms with Gasteiger partial charge in [0.15, 0.2) is 17.0 Å². The van der Waals surface area contributed by atoms with Crippen molar-refractivity contribution in [3.05, 3.63) is 22.0 Å². The summed E-state index contributed by atoms with van der Waals surface area (Å²) in [6, 6.07) is 0. The maximum absolute atomic E-state index is 12.0. The molecule has 1 N–H and O–H groups in total. The molecule has 0 aromatic carbocycles. The van der Waals surface area contributed by atoms with Gasteiger partial charge in [0.05, 0.1) is 0 Å². The molecule has 10 heteroatoms. The van der Waals surface area contributed by atoms with Crippen molar-refractivity contribution < 1.29 is 0 Å². The predicted molar refractivity (Wildman–Crippen MR) is 72.5 cm³/mol. The number of nitrogens with zero attached hydrogens (tertiary/aromatic N) is 8. The Hall–Kier alpha value is -2.65. The van der Waals surface area contributed by atoms with Crippen LogP contribution in [0, 0.1) is 0 Å². The summed E-state index contributed by atoms with van der Waals surface area (Å²) in [5.74, 6) is 1.17. The predicted octanol–water partition coefficient (Wildman–Crippen LogP) is -0.616. The maximum atomic E-state index is 12.0. The van der Waals surface area contributed by atoms with Gasteiger partial charge in [0.1, 0.15) is 12.4 Å². The number of fused-ring (bicyclic) bond motifs is 1. The van der Waals surface area contributed by atoms with E-state index < -0.39 is 5.56 Å². The fraction of sp³-hybridized carbons (Fsp3) is 0.545. The fourth-order valence-corrected chi connectivity index (χ4v) is 1.81. The maximum Gasteiger partial charge on any atom is 0.303 e. The zero-order valence-electron chi connectivity index (χ0n) is 12.2. The Morgan fingerprint density at radius 2 is 2.00 bits per heavy atom. The van der Waals surface area contributed by atoms with E-state index in [1.165, 1.54) is 9.48 Å². The van der Waals surface area contributed by atoms with Crippen LogP contribution in [0.1, 0.15) is 32.4 Å². The summed E-state index contributed by atoms with van der Waals surface area (Å²) in [7, 11) is 1.73. The van der Waals surface area contributed by atoms with E-state index in [1.807, 2.05) is 20.8 Å². The van der Waals surface area contributed by atoms with Gasteiger partial charge in [0, 0.05) is 12.5 Å². The van der Waals surface area contributed by atoms with E-state index in [1.54, 1.807) is 7.05 Å². The summed E-state index contributed by atoms with van der Waals surface area (Å²) in [6.07, 6.45) is 0. The van der Waals surface area contributed by atoms with Crippen LogP contribution in [0.4, 0.5) is 0 Å². The highest BCUT2D eigenvalue weighted by molar-refractivity contribution is 5.67. The van der Waals surface area contributed by atoms with Crippen LogP contribution in [0.15, 0.2) is 4.79 Å². The molecular formula is C11H15N9O. The highest BCUT2D eigenvalue weighted by Gasteiger charge is 2.20. The molecule has 0 aliphatic carbocycles. The Morgan fingerprint density at radius 1 is 1.24 bits per heavy atom. The van der Waals surface area contributed by atoms with Crippen LogP contribution in [-0.2, 0) is 19.0 Å². The third-order valence-electron chi connectivity index (χ3n) is 3.01. The summed E-state index contributed by atoms with van der Waals surface area (Å²) in [6.45, 7) is 6.17. The van der Waals surface area contributed by atoms with E-state index in [9.17, 15) is 4.79 Å². The van der Waals surface area contributed by atoms with Crippen molar-refractivity contribution in [1.29, 1.82) is 0 Å². The average Bonchev–Trinajstić information content (AvgIpc) is 2.96. The third-order valence-corrected chi connectivity index (χ3v) is 3.01. The molecule has 0 spiro atoms. The highest BCUT2D eigenvalue weighted by atomic mass is 16.1. The minimum Gasteiger partial charge on any atom is -0.324 e. The molecule has 10 nitrogen and oxygen atoms in total. The van der Waals surface area contributed by atoms with Gasteiger partial charge in [0.2, 0.25) is 0 Å². The van der Waals surface area contributed by atoms with Crippen molar-refractivity contribution in [3.63, 3.8) is 0 Å². The molecule has 0 amide bonds. The van der Waals surface area contributed by atoms with Crippen molar-refractivity contribution in [2.24, 2.45) is 7.05 Å².